The zero-order valence-electron chi connectivity index (χ0n) is 11.0. The van der Waals surface area contributed by atoms with E-state index in [1.165, 1.54) is 18.2 Å². The third-order valence-electron chi connectivity index (χ3n) is 2.61. The van der Waals surface area contributed by atoms with Gasteiger partial charge in [-0.1, -0.05) is 17.7 Å². The van der Waals surface area contributed by atoms with Crippen LogP contribution in [-0.4, -0.2) is 13.4 Å². The Kier molecular flexibility index (Phi) is 3.72. The summed E-state index contributed by atoms with van der Waals surface area (Å²) in [4.78, 5) is 3.97. The highest BCUT2D eigenvalue weighted by molar-refractivity contribution is 7.87. The lowest BCUT2D eigenvalue weighted by Gasteiger charge is -2.08. The van der Waals surface area contributed by atoms with Crippen molar-refractivity contribution in [2.75, 3.05) is 0 Å². The number of nitriles is 1. The molecule has 0 bridgehead atoms. The lowest BCUT2D eigenvalue weighted by atomic mass is 10.2. The summed E-state index contributed by atoms with van der Waals surface area (Å²) in [5.41, 5.74) is 1.50. The van der Waals surface area contributed by atoms with Gasteiger partial charge < -0.3 is 4.18 Å². The van der Waals surface area contributed by atoms with Gasteiger partial charge in [0.05, 0.1) is 0 Å². The largest absolute Gasteiger partial charge is 0.376 e. The molecule has 102 valence electrons. The van der Waals surface area contributed by atoms with Gasteiger partial charge in [-0.2, -0.15) is 13.7 Å². The van der Waals surface area contributed by atoms with Gasteiger partial charge in [-0.05, 0) is 38.1 Å². The van der Waals surface area contributed by atoms with Crippen LogP contribution in [0.5, 0.6) is 5.75 Å². The quantitative estimate of drug-likeness (QED) is 0.810. The molecular weight excluding hydrogens is 276 g/mol. The molecule has 0 saturated heterocycles. The van der Waals surface area contributed by atoms with E-state index in [2.05, 4.69) is 4.98 Å². The highest BCUT2D eigenvalue weighted by Gasteiger charge is 2.19. The van der Waals surface area contributed by atoms with Crippen molar-refractivity contribution < 1.29 is 12.6 Å². The Morgan fingerprint density at radius 2 is 1.75 bits per heavy atom. The average Bonchev–Trinajstić information content (AvgIpc) is 2.41. The number of rotatable bonds is 3. The van der Waals surface area contributed by atoms with E-state index in [9.17, 15) is 8.42 Å². The first-order valence-corrected chi connectivity index (χ1v) is 7.22. The third-order valence-corrected chi connectivity index (χ3v) is 3.86. The first-order valence-electron chi connectivity index (χ1n) is 5.81. The van der Waals surface area contributed by atoms with Crippen molar-refractivity contribution in [1.29, 1.82) is 5.26 Å². The van der Waals surface area contributed by atoms with Crippen LogP contribution < -0.4 is 4.18 Å². The first-order chi connectivity index (χ1) is 9.42. The summed E-state index contributed by atoms with van der Waals surface area (Å²) >= 11 is 0. The minimum atomic E-state index is -3.97. The van der Waals surface area contributed by atoms with E-state index < -0.39 is 10.1 Å². The fourth-order valence-electron chi connectivity index (χ4n) is 1.56. The number of hydrogen-bond donors (Lipinski definition) is 0. The highest BCUT2D eigenvalue weighted by atomic mass is 32.2. The molecule has 1 heterocycles. The molecule has 0 spiro atoms. The zero-order chi connectivity index (χ0) is 14.8. The minimum absolute atomic E-state index is 0.0348. The number of nitrogens with zero attached hydrogens (tertiary/aromatic N) is 2. The average molecular weight is 288 g/mol. The molecule has 5 nitrogen and oxygen atoms in total. The minimum Gasteiger partial charge on any atom is -0.376 e. The fourth-order valence-corrected chi connectivity index (χ4v) is 2.50. The number of hydrogen-bond acceptors (Lipinski definition) is 5. The van der Waals surface area contributed by atoms with Gasteiger partial charge in [-0.3, -0.25) is 0 Å². The third kappa shape index (κ3) is 2.95. The summed E-state index contributed by atoms with van der Waals surface area (Å²) in [7, 11) is -3.97. The van der Waals surface area contributed by atoms with Crippen LogP contribution in [0.4, 0.5) is 0 Å². The van der Waals surface area contributed by atoms with E-state index in [1.54, 1.807) is 25.1 Å². The first kappa shape index (κ1) is 14.0. The lowest BCUT2D eigenvalue weighted by molar-refractivity contribution is 0.483. The van der Waals surface area contributed by atoms with Gasteiger partial charge in [0.25, 0.3) is 0 Å². The van der Waals surface area contributed by atoms with Gasteiger partial charge in [0.2, 0.25) is 0 Å². The second-order valence-electron chi connectivity index (χ2n) is 4.26. The number of benzene rings is 1. The second kappa shape index (κ2) is 5.31. The molecule has 6 heteroatoms. The summed E-state index contributed by atoms with van der Waals surface area (Å²) in [5, 5.41) is 8.96. The lowest BCUT2D eigenvalue weighted by Crippen LogP contribution is -2.11. The van der Waals surface area contributed by atoms with E-state index in [4.69, 9.17) is 9.44 Å². The van der Waals surface area contributed by atoms with Crippen molar-refractivity contribution in [3.8, 4) is 11.8 Å². The predicted octanol–water partition coefficient (Wildman–Crippen LogP) is 2.34. The molecule has 0 atom stereocenters. The summed E-state index contributed by atoms with van der Waals surface area (Å²) < 4.78 is 29.2. The van der Waals surface area contributed by atoms with Crippen molar-refractivity contribution in [3.05, 3.63) is 53.3 Å². The van der Waals surface area contributed by atoms with Crippen molar-refractivity contribution in [2.24, 2.45) is 0 Å². The fraction of sp³-hybridized carbons (Fsp3) is 0.143. The normalized spacial score (nSPS) is 10.8. The maximum Gasteiger partial charge on any atom is 0.339 e. The van der Waals surface area contributed by atoms with Crippen LogP contribution in [0.3, 0.4) is 0 Å². The van der Waals surface area contributed by atoms with Crippen molar-refractivity contribution in [2.45, 2.75) is 18.7 Å². The van der Waals surface area contributed by atoms with Crippen molar-refractivity contribution in [1.82, 2.24) is 4.98 Å². The summed E-state index contributed by atoms with van der Waals surface area (Å²) in [6, 6.07) is 11.1. The van der Waals surface area contributed by atoms with Gasteiger partial charge in [0.1, 0.15) is 11.0 Å². The molecule has 1 aromatic carbocycles. The maximum absolute atomic E-state index is 12.1. The molecule has 0 amide bonds. The predicted molar refractivity (Wildman–Crippen MR) is 72.7 cm³/mol. The molecule has 0 fully saturated rings. The molecule has 0 unspecified atom stereocenters. The van der Waals surface area contributed by atoms with Crippen LogP contribution in [0.2, 0.25) is 0 Å². The number of aromatic nitrogens is 1. The van der Waals surface area contributed by atoms with Crippen molar-refractivity contribution in [3.63, 3.8) is 0 Å². The van der Waals surface area contributed by atoms with Crippen LogP contribution in [0.1, 0.15) is 17.0 Å². The van der Waals surface area contributed by atoms with Gasteiger partial charge in [-0.15, -0.1) is 0 Å². The molecule has 0 radical (unpaired) electrons. The Labute approximate surface area is 117 Å². The Bertz CT molecular complexity index is 775. The maximum atomic E-state index is 12.1. The Hall–Kier alpha value is -2.39. The van der Waals surface area contributed by atoms with Crippen LogP contribution in [0, 0.1) is 25.2 Å². The van der Waals surface area contributed by atoms with Crippen LogP contribution in [-0.2, 0) is 10.1 Å². The highest BCUT2D eigenvalue weighted by Crippen LogP contribution is 2.21. The van der Waals surface area contributed by atoms with E-state index in [-0.39, 0.29) is 16.3 Å². The molecule has 2 rings (SSSR count). The molecule has 0 aliphatic carbocycles. The number of pyridine rings is 1. The zero-order valence-corrected chi connectivity index (χ0v) is 11.8. The van der Waals surface area contributed by atoms with E-state index in [0.717, 1.165) is 5.56 Å². The molecule has 2 aromatic rings. The molecule has 1 aromatic heterocycles. The van der Waals surface area contributed by atoms with Gasteiger partial charge in [-0.25, -0.2) is 4.98 Å². The SMILES string of the molecule is Cc1ccc(S(=O)(=O)Oc2ccc(C)nc2C#N)cc1. The number of aryl methyl sites for hydroxylation is 2. The summed E-state index contributed by atoms with van der Waals surface area (Å²) in [6.45, 7) is 3.56. The standard InChI is InChI=1S/C14H12N2O3S/c1-10-3-6-12(7-4-10)20(17,18)19-14-8-5-11(2)16-13(14)9-15/h3-8H,1-2H3. The van der Waals surface area contributed by atoms with E-state index >= 15 is 0 Å². The van der Waals surface area contributed by atoms with E-state index in [1.807, 2.05) is 13.0 Å². The molecule has 0 saturated carbocycles. The summed E-state index contributed by atoms with van der Waals surface area (Å²) in [5.74, 6) is -0.0707. The second-order valence-corrected chi connectivity index (χ2v) is 5.81. The molecular formula is C14H12N2O3S. The Balaban J connectivity index is 2.39. The van der Waals surface area contributed by atoms with E-state index in [0.29, 0.717) is 5.69 Å². The smallest absolute Gasteiger partial charge is 0.339 e. The van der Waals surface area contributed by atoms with Gasteiger partial charge >= 0.3 is 10.1 Å². The molecule has 0 aliphatic heterocycles. The molecule has 0 aliphatic rings. The van der Waals surface area contributed by atoms with Crippen LogP contribution in [0.15, 0.2) is 41.3 Å². The molecule has 20 heavy (non-hydrogen) atoms. The molecule has 0 N–H and O–H groups in total. The van der Waals surface area contributed by atoms with Gasteiger partial charge in [0.15, 0.2) is 11.4 Å². The topological polar surface area (TPSA) is 80.1 Å². The van der Waals surface area contributed by atoms with Gasteiger partial charge in [0, 0.05) is 5.69 Å². The Morgan fingerprint density at radius 1 is 1.10 bits per heavy atom. The van der Waals surface area contributed by atoms with Crippen LogP contribution >= 0.6 is 0 Å². The summed E-state index contributed by atoms with van der Waals surface area (Å²) in [6.07, 6.45) is 0. The van der Waals surface area contributed by atoms with Crippen LogP contribution in [0.25, 0.3) is 0 Å². The monoisotopic (exact) mass is 288 g/mol. The van der Waals surface area contributed by atoms with Crippen molar-refractivity contribution >= 4 is 10.1 Å². The Morgan fingerprint density at radius 3 is 2.35 bits per heavy atom.